The van der Waals surface area contributed by atoms with Crippen molar-refractivity contribution in [3.8, 4) is 5.69 Å². The molecule has 0 unspecified atom stereocenters. The summed E-state index contributed by atoms with van der Waals surface area (Å²) >= 11 is 12.1. The first-order chi connectivity index (χ1) is 17.4. The van der Waals surface area contributed by atoms with Crippen LogP contribution in [0.25, 0.3) is 5.69 Å². The number of hydrogen-bond donors (Lipinski definition) is 2. The highest BCUT2D eigenvalue weighted by Crippen LogP contribution is 2.41. The molecule has 2 aromatic carbocycles. The summed E-state index contributed by atoms with van der Waals surface area (Å²) in [5.41, 5.74) is 5.79. The summed E-state index contributed by atoms with van der Waals surface area (Å²) in [6.07, 6.45) is 1.77. The normalized spacial score (nSPS) is 17.2. The minimum atomic E-state index is -0.229. The molecule has 2 N–H and O–H groups in total. The standard InChI is InChI=1S/C28H26ClN5OS/c1-18-15-23(19(2)34(18)22-12-8-9-20(29)16-22)27-26(24-13-6-7-14-30-24)32-28(36)33(27)17-25(35)31-21-10-4-3-5-11-21/h3-16,26-27H,17H2,1-2H3,(H,31,35)(H,32,36)/t26-,27-/m1/s1. The predicted molar refractivity (Wildman–Crippen MR) is 147 cm³/mol. The van der Waals surface area contributed by atoms with Gasteiger partial charge in [0.05, 0.1) is 17.8 Å². The molecular formula is C28H26ClN5OS. The van der Waals surface area contributed by atoms with Crippen molar-refractivity contribution in [2.45, 2.75) is 25.9 Å². The van der Waals surface area contributed by atoms with Crippen LogP contribution in [0.3, 0.4) is 0 Å². The van der Waals surface area contributed by atoms with Crippen LogP contribution in [0.5, 0.6) is 0 Å². The highest BCUT2D eigenvalue weighted by Gasteiger charge is 2.42. The maximum atomic E-state index is 13.1. The zero-order valence-electron chi connectivity index (χ0n) is 20.0. The number of para-hydroxylation sites is 1. The molecule has 0 saturated carbocycles. The Kier molecular flexibility index (Phi) is 6.76. The van der Waals surface area contributed by atoms with Crippen LogP contribution in [-0.4, -0.2) is 32.0 Å². The molecule has 0 radical (unpaired) electrons. The predicted octanol–water partition coefficient (Wildman–Crippen LogP) is 5.75. The average Bonchev–Trinajstić information content (AvgIpc) is 3.35. The summed E-state index contributed by atoms with van der Waals surface area (Å²) < 4.78 is 2.18. The smallest absolute Gasteiger partial charge is 0.244 e. The van der Waals surface area contributed by atoms with Crippen molar-refractivity contribution in [2.75, 3.05) is 11.9 Å². The van der Waals surface area contributed by atoms with Gasteiger partial charge in [-0.2, -0.15) is 0 Å². The molecule has 1 aliphatic rings. The SMILES string of the molecule is Cc1cc([C@@H]2[C@@H](c3ccccn3)NC(=S)N2CC(=O)Nc2ccccc2)c(C)n1-c1cccc(Cl)c1. The maximum absolute atomic E-state index is 13.1. The Morgan fingerprint density at radius 1 is 1.06 bits per heavy atom. The van der Waals surface area contributed by atoms with Crippen LogP contribution in [0.2, 0.25) is 5.02 Å². The van der Waals surface area contributed by atoms with E-state index in [1.165, 1.54) is 0 Å². The second-order valence-electron chi connectivity index (χ2n) is 8.81. The van der Waals surface area contributed by atoms with E-state index >= 15 is 0 Å². The first-order valence-electron chi connectivity index (χ1n) is 11.7. The zero-order valence-corrected chi connectivity index (χ0v) is 21.6. The van der Waals surface area contributed by atoms with Gasteiger partial charge in [-0.3, -0.25) is 9.78 Å². The molecule has 0 spiro atoms. The van der Waals surface area contributed by atoms with Gasteiger partial charge in [0.1, 0.15) is 6.54 Å². The van der Waals surface area contributed by atoms with E-state index in [4.69, 9.17) is 23.8 Å². The van der Waals surface area contributed by atoms with E-state index in [1.54, 1.807) is 6.20 Å². The van der Waals surface area contributed by atoms with Crippen LogP contribution in [0, 0.1) is 13.8 Å². The van der Waals surface area contributed by atoms with Crippen molar-refractivity contribution >= 4 is 40.5 Å². The third-order valence-corrected chi connectivity index (χ3v) is 7.01. The summed E-state index contributed by atoms with van der Waals surface area (Å²) in [5, 5.41) is 7.60. The van der Waals surface area contributed by atoms with E-state index in [1.807, 2.05) is 77.7 Å². The second-order valence-corrected chi connectivity index (χ2v) is 9.63. The third kappa shape index (κ3) is 4.72. The Labute approximate surface area is 220 Å². The number of benzene rings is 2. The van der Waals surface area contributed by atoms with Crippen LogP contribution >= 0.6 is 23.8 Å². The van der Waals surface area contributed by atoms with E-state index in [0.29, 0.717) is 10.1 Å². The second kappa shape index (κ2) is 10.1. The molecule has 6 nitrogen and oxygen atoms in total. The molecule has 0 bridgehead atoms. The third-order valence-electron chi connectivity index (χ3n) is 6.42. The van der Waals surface area contributed by atoms with Crippen molar-refractivity contribution in [3.63, 3.8) is 0 Å². The average molecular weight is 516 g/mol. The van der Waals surface area contributed by atoms with Gasteiger partial charge >= 0.3 is 0 Å². The number of carbonyl (C=O) groups excluding carboxylic acids is 1. The van der Waals surface area contributed by atoms with Crippen molar-refractivity contribution in [1.29, 1.82) is 0 Å². The lowest BCUT2D eigenvalue weighted by Gasteiger charge is -2.27. The molecule has 2 atom stereocenters. The molecule has 8 heteroatoms. The minimum absolute atomic E-state index is 0.107. The van der Waals surface area contributed by atoms with Gasteiger partial charge in [0.15, 0.2) is 5.11 Å². The molecule has 1 fully saturated rings. The molecule has 4 aromatic rings. The molecule has 3 heterocycles. The number of amides is 1. The zero-order chi connectivity index (χ0) is 25.2. The largest absolute Gasteiger partial charge is 0.352 e. The fraction of sp³-hybridized carbons (Fsp3) is 0.179. The van der Waals surface area contributed by atoms with Gasteiger partial charge in [-0.25, -0.2) is 0 Å². The van der Waals surface area contributed by atoms with Crippen LogP contribution in [0.15, 0.2) is 85.1 Å². The first kappa shape index (κ1) is 24.0. The molecule has 36 heavy (non-hydrogen) atoms. The summed E-state index contributed by atoms with van der Waals surface area (Å²) in [4.78, 5) is 19.6. The van der Waals surface area contributed by atoms with E-state index in [-0.39, 0.29) is 24.5 Å². The fourth-order valence-corrected chi connectivity index (χ4v) is 5.38. The maximum Gasteiger partial charge on any atom is 0.244 e. The van der Waals surface area contributed by atoms with Crippen LogP contribution in [0.1, 0.15) is 34.7 Å². The minimum Gasteiger partial charge on any atom is -0.352 e. The van der Waals surface area contributed by atoms with Gasteiger partial charge in [0.25, 0.3) is 0 Å². The number of pyridine rings is 1. The molecule has 1 aliphatic heterocycles. The topological polar surface area (TPSA) is 62.2 Å². The van der Waals surface area contributed by atoms with Crippen molar-refractivity contribution in [1.82, 2.24) is 19.8 Å². The first-order valence-corrected chi connectivity index (χ1v) is 12.5. The van der Waals surface area contributed by atoms with E-state index < -0.39 is 0 Å². The summed E-state index contributed by atoms with van der Waals surface area (Å²) in [7, 11) is 0. The number of nitrogens with one attached hydrogen (secondary N) is 2. The number of thiocarbonyl (C=S) groups is 1. The Balaban J connectivity index is 1.54. The van der Waals surface area contributed by atoms with Crippen LogP contribution < -0.4 is 10.6 Å². The summed E-state index contributed by atoms with van der Waals surface area (Å²) in [6, 6.07) is 24.8. The molecule has 182 valence electrons. The van der Waals surface area contributed by atoms with Gasteiger partial charge in [-0.1, -0.05) is 41.9 Å². The lowest BCUT2D eigenvalue weighted by Crippen LogP contribution is -2.37. The summed E-state index contributed by atoms with van der Waals surface area (Å²) in [5.74, 6) is -0.138. The van der Waals surface area contributed by atoms with E-state index in [9.17, 15) is 4.79 Å². The summed E-state index contributed by atoms with van der Waals surface area (Å²) in [6.45, 7) is 4.26. The van der Waals surface area contributed by atoms with Crippen LogP contribution in [-0.2, 0) is 4.79 Å². The number of nitrogens with zero attached hydrogens (tertiary/aromatic N) is 3. The number of rotatable bonds is 6. The number of carbonyl (C=O) groups is 1. The van der Waals surface area contributed by atoms with E-state index in [2.05, 4.69) is 40.1 Å². The van der Waals surface area contributed by atoms with Crippen LogP contribution in [0.4, 0.5) is 5.69 Å². The number of aromatic nitrogens is 2. The molecule has 1 amide bonds. The van der Waals surface area contributed by atoms with Gasteiger partial charge in [-0.15, -0.1) is 0 Å². The van der Waals surface area contributed by atoms with Gasteiger partial charge in [0, 0.05) is 34.0 Å². The molecule has 2 aromatic heterocycles. The quantitative estimate of drug-likeness (QED) is 0.320. The van der Waals surface area contributed by atoms with Gasteiger partial charge in [0.2, 0.25) is 5.91 Å². The number of halogens is 1. The highest BCUT2D eigenvalue weighted by atomic mass is 35.5. The highest BCUT2D eigenvalue weighted by molar-refractivity contribution is 7.80. The lowest BCUT2D eigenvalue weighted by atomic mass is 9.96. The molecular weight excluding hydrogens is 490 g/mol. The molecule has 1 saturated heterocycles. The van der Waals surface area contributed by atoms with Gasteiger partial charge in [-0.05, 0) is 80.2 Å². The number of aryl methyl sites for hydroxylation is 1. The Bertz CT molecular complexity index is 1410. The van der Waals surface area contributed by atoms with Crippen molar-refractivity contribution < 1.29 is 4.79 Å². The fourth-order valence-electron chi connectivity index (χ4n) is 4.89. The van der Waals surface area contributed by atoms with Crippen molar-refractivity contribution in [3.05, 3.63) is 113 Å². The number of anilines is 1. The van der Waals surface area contributed by atoms with Crippen molar-refractivity contribution in [2.24, 2.45) is 0 Å². The monoisotopic (exact) mass is 515 g/mol. The Morgan fingerprint density at radius 2 is 1.83 bits per heavy atom. The molecule has 5 rings (SSSR count). The van der Waals surface area contributed by atoms with E-state index in [0.717, 1.165) is 34.0 Å². The van der Waals surface area contributed by atoms with Gasteiger partial charge < -0.3 is 20.1 Å². The lowest BCUT2D eigenvalue weighted by molar-refractivity contribution is -0.116. The Hall–Kier alpha value is -3.68. The Morgan fingerprint density at radius 3 is 2.56 bits per heavy atom. The molecule has 0 aliphatic carbocycles. The number of hydrogen-bond acceptors (Lipinski definition) is 3.